The second-order valence-electron chi connectivity index (χ2n) is 6.60. The molecule has 3 nitrogen and oxygen atoms in total. The Hall–Kier alpha value is -2.85. The number of hydrogen-bond donors (Lipinski definition) is 1. The summed E-state index contributed by atoms with van der Waals surface area (Å²) in [5.41, 5.74) is 4.38. The van der Waals surface area contributed by atoms with E-state index in [9.17, 15) is 4.79 Å². The number of ketones is 1. The predicted molar refractivity (Wildman–Crippen MR) is 124 cm³/mol. The first-order valence-electron chi connectivity index (χ1n) is 9.51. The fraction of sp³-hybridized carbons (Fsp3) is 0.0769. The van der Waals surface area contributed by atoms with E-state index in [-0.39, 0.29) is 31.6 Å². The molecule has 3 aromatic carbocycles. The molecule has 5 heteroatoms. The molecule has 0 amide bonds. The zero-order valence-electron chi connectivity index (χ0n) is 17.2. The minimum Gasteiger partial charge on any atom is -0.512 e. The Balaban J connectivity index is 0.000000373. The maximum absolute atomic E-state index is 10.0. The van der Waals surface area contributed by atoms with Crippen molar-refractivity contribution in [2.75, 3.05) is 0 Å². The van der Waals surface area contributed by atoms with E-state index in [2.05, 4.69) is 48.5 Å². The molecule has 0 fully saturated rings. The van der Waals surface area contributed by atoms with Crippen LogP contribution in [0.3, 0.4) is 0 Å². The van der Waals surface area contributed by atoms with Crippen LogP contribution in [0.2, 0.25) is 0 Å². The molecule has 159 valence electrons. The molecule has 0 unspecified atom stereocenters. The van der Waals surface area contributed by atoms with Crippen LogP contribution in [-0.4, -0.2) is 15.9 Å². The Morgan fingerprint density at radius 2 is 1.48 bits per heavy atom. The summed E-state index contributed by atoms with van der Waals surface area (Å²) in [6.45, 7) is 2.85. The Kier molecular flexibility index (Phi) is 9.54. The summed E-state index contributed by atoms with van der Waals surface area (Å²) >= 11 is 1.73. The van der Waals surface area contributed by atoms with Gasteiger partial charge in [0.05, 0.1) is 5.76 Å². The van der Waals surface area contributed by atoms with Crippen molar-refractivity contribution in [1.82, 2.24) is 4.98 Å². The number of thiazole rings is 1. The minimum atomic E-state index is -0.125. The van der Waals surface area contributed by atoms with Gasteiger partial charge in [-0.25, -0.2) is 0 Å². The van der Waals surface area contributed by atoms with Crippen LogP contribution in [-0.2, 0) is 24.9 Å². The maximum atomic E-state index is 10.0. The Morgan fingerprint density at radius 1 is 0.903 bits per heavy atom. The van der Waals surface area contributed by atoms with E-state index in [1.807, 2.05) is 42.5 Å². The SMILES string of the molecule is CC(=O)/C=C(/C)O.[Ir].[c-]1ccccc1-c1nc(-c2ccccc2)sc1-c1ccccc1. The average molecular weight is 605 g/mol. The molecular weight excluding hydrogens is 583 g/mol. The Labute approximate surface area is 200 Å². The summed E-state index contributed by atoms with van der Waals surface area (Å²) < 4.78 is 0. The summed E-state index contributed by atoms with van der Waals surface area (Å²) in [5, 5.41) is 9.40. The molecule has 0 atom stereocenters. The number of nitrogens with zero attached hydrogens (tertiary/aromatic N) is 1. The summed E-state index contributed by atoms with van der Waals surface area (Å²) in [4.78, 5) is 16.1. The van der Waals surface area contributed by atoms with Gasteiger partial charge in [0.2, 0.25) is 0 Å². The minimum absolute atomic E-state index is 0. The molecule has 4 rings (SSSR count). The van der Waals surface area contributed by atoms with Crippen molar-refractivity contribution in [3.05, 3.63) is 103 Å². The topological polar surface area (TPSA) is 50.2 Å². The zero-order valence-corrected chi connectivity index (χ0v) is 20.4. The predicted octanol–water partition coefficient (Wildman–Crippen LogP) is 6.98. The molecule has 0 spiro atoms. The van der Waals surface area contributed by atoms with E-state index in [1.165, 1.54) is 30.4 Å². The summed E-state index contributed by atoms with van der Waals surface area (Å²) in [6, 6.07) is 32.1. The van der Waals surface area contributed by atoms with Crippen molar-refractivity contribution in [1.29, 1.82) is 0 Å². The van der Waals surface area contributed by atoms with E-state index in [1.54, 1.807) is 11.3 Å². The molecule has 0 aliphatic rings. The molecular formula is C26H22IrNO2S-. The van der Waals surface area contributed by atoms with Crippen LogP contribution >= 0.6 is 11.3 Å². The van der Waals surface area contributed by atoms with Gasteiger partial charge >= 0.3 is 0 Å². The van der Waals surface area contributed by atoms with Crippen molar-refractivity contribution >= 4 is 17.1 Å². The van der Waals surface area contributed by atoms with Crippen LogP contribution in [0.25, 0.3) is 32.3 Å². The van der Waals surface area contributed by atoms with E-state index < -0.39 is 0 Å². The van der Waals surface area contributed by atoms with Crippen molar-refractivity contribution in [3.8, 4) is 32.3 Å². The van der Waals surface area contributed by atoms with Gasteiger partial charge in [-0.3, -0.25) is 9.78 Å². The number of aromatic nitrogens is 1. The smallest absolute Gasteiger partial charge is 0.155 e. The van der Waals surface area contributed by atoms with Crippen molar-refractivity contribution in [3.63, 3.8) is 0 Å². The second kappa shape index (κ2) is 12.1. The largest absolute Gasteiger partial charge is 0.512 e. The van der Waals surface area contributed by atoms with Gasteiger partial charge in [0.15, 0.2) is 5.78 Å². The van der Waals surface area contributed by atoms with Crippen molar-refractivity contribution in [2.24, 2.45) is 0 Å². The zero-order chi connectivity index (χ0) is 21.3. The van der Waals surface area contributed by atoms with Gasteiger partial charge in [-0.1, -0.05) is 60.7 Å². The number of allylic oxidation sites excluding steroid dienone is 2. The third-order valence-corrected chi connectivity index (χ3v) is 5.21. The number of benzene rings is 3. The first-order chi connectivity index (χ1) is 14.5. The van der Waals surface area contributed by atoms with Gasteiger partial charge in [0.1, 0.15) is 5.01 Å². The molecule has 0 aliphatic heterocycles. The van der Waals surface area contributed by atoms with Gasteiger partial charge in [0.25, 0.3) is 0 Å². The van der Waals surface area contributed by atoms with Crippen LogP contribution in [0.15, 0.2) is 96.8 Å². The number of hydrogen-bond acceptors (Lipinski definition) is 4. The van der Waals surface area contributed by atoms with Crippen LogP contribution in [0.4, 0.5) is 0 Å². The normalized spacial score (nSPS) is 10.5. The molecule has 31 heavy (non-hydrogen) atoms. The number of carbonyl (C=O) groups excluding carboxylic acids is 1. The van der Waals surface area contributed by atoms with Crippen LogP contribution < -0.4 is 0 Å². The van der Waals surface area contributed by atoms with Crippen LogP contribution in [0.5, 0.6) is 0 Å². The Morgan fingerprint density at radius 3 is 1.97 bits per heavy atom. The standard InChI is InChI=1S/C21H14NS.C5H8O2.Ir/c1-4-10-16(11-5-1)19-20(17-12-6-2-7-13-17)23-21(22-19)18-14-8-3-9-15-18;1-4(6)3-5(2)7;/h1-10,12-15H;3,6H,1-2H3;/q-1;;/b;4-3-;. The van der Waals surface area contributed by atoms with E-state index in [0.29, 0.717) is 0 Å². The average Bonchev–Trinajstić information content (AvgIpc) is 3.21. The molecule has 0 bridgehead atoms. The number of aliphatic hydroxyl groups excluding tert-OH is 1. The van der Waals surface area contributed by atoms with Crippen molar-refractivity contribution in [2.45, 2.75) is 13.8 Å². The third kappa shape index (κ3) is 7.11. The quantitative estimate of drug-likeness (QED) is 0.155. The molecule has 0 saturated heterocycles. The van der Waals surface area contributed by atoms with Gasteiger partial charge in [-0.05, 0) is 19.4 Å². The van der Waals surface area contributed by atoms with Gasteiger partial charge in [-0.15, -0.1) is 47.2 Å². The van der Waals surface area contributed by atoms with E-state index in [4.69, 9.17) is 10.1 Å². The summed E-state index contributed by atoms with van der Waals surface area (Å²) in [5.74, 6) is -0.0625. The van der Waals surface area contributed by atoms with Gasteiger partial charge < -0.3 is 5.11 Å². The first-order valence-corrected chi connectivity index (χ1v) is 10.3. The molecule has 0 aliphatic carbocycles. The van der Waals surface area contributed by atoms with E-state index in [0.717, 1.165) is 21.8 Å². The molecule has 0 saturated carbocycles. The Bertz CT molecular complexity index is 1060. The number of carbonyl (C=O) groups is 1. The first kappa shape index (κ1) is 24.4. The fourth-order valence-corrected chi connectivity index (χ4v) is 3.92. The number of aliphatic hydroxyl groups is 1. The third-order valence-electron chi connectivity index (χ3n) is 4.06. The van der Waals surface area contributed by atoms with Crippen LogP contribution in [0.1, 0.15) is 13.8 Å². The molecule has 1 radical (unpaired) electrons. The van der Waals surface area contributed by atoms with Gasteiger partial charge in [-0.2, -0.15) is 0 Å². The van der Waals surface area contributed by atoms with E-state index >= 15 is 0 Å². The van der Waals surface area contributed by atoms with Gasteiger partial charge in [0, 0.05) is 42.3 Å². The van der Waals surface area contributed by atoms with Crippen LogP contribution in [0, 0.1) is 6.07 Å². The fourth-order valence-electron chi connectivity index (χ4n) is 2.83. The van der Waals surface area contributed by atoms with Crippen molar-refractivity contribution < 1.29 is 30.0 Å². The maximum Gasteiger partial charge on any atom is 0.155 e. The summed E-state index contributed by atoms with van der Waals surface area (Å²) in [6.07, 6.45) is 1.17. The second-order valence-corrected chi connectivity index (χ2v) is 7.60. The molecule has 1 heterocycles. The molecule has 1 aromatic heterocycles. The number of rotatable bonds is 4. The summed E-state index contributed by atoms with van der Waals surface area (Å²) in [7, 11) is 0. The molecule has 1 N–H and O–H groups in total. The molecule has 4 aromatic rings. The monoisotopic (exact) mass is 605 g/mol.